The molecule has 1 aliphatic carbocycles. The maximum Gasteiger partial charge on any atom is 0.240 e. The van der Waals surface area contributed by atoms with Gasteiger partial charge in [-0.25, -0.2) is 0 Å². The zero-order valence-electron chi connectivity index (χ0n) is 12.7. The van der Waals surface area contributed by atoms with Crippen molar-refractivity contribution in [3.63, 3.8) is 0 Å². The number of rotatable bonds is 6. The minimum atomic E-state index is -0.271. The van der Waals surface area contributed by atoms with Crippen LogP contribution in [-0.4, -0.2) is 17.6 Å². The van der Waals surface area contributed by atoms with Crippen molar-refractivity contribution in [2.75, 3.05) is 7.11 Å². The number of benzene rings is 1. The van der Waals surface area contributed by atoms with Crippen LogP contribution in [0.15, 0.2) is 59.4 Å². The van der Waals surface area contributed by atoms with E-state index in [-0.39, 0.29) is 5.60 Å². The molecule has 1 aromatic rings. The Kier molecular flexibility index (Phi) is 5.28. The second-order valence-corrected chi connectivity index (χ2v) is 5.25. The molecule has 0 radical (unpaired) electrons. The van der Waals surface area contributed by atoms with Crippen LogP contribution in [0.25, 0.3) is 0 Å². The number of hydrogen-bond acceptors (Lipinski definition) is 3. The molecule has 1 aromatic carbocycles. The summed E-state index contributed by atoms with van der Waals surface area (Å²) in [7, 11) is 1.72. The lowest BCUT2D eigenvalue weighted by Crippen LogP contribution is -2.30. The third-order valence-electron chi connectivity index (χ3n) is 3.76. The normalized spacial score (nSPS) is 22.2. The van der Waals surface area contributed by atoms with E-state index in [9.17, 15) is 5.21 Å². The molecule has 1 aliphatic rings. The lowest BCUT2D eigenvalue weighted by atomic mass is 9.89. The third-order valence-corrected chi connectivity index (χ3v) is 3.76. The molecule has 0 aliphatic heterocycles. The monoisotopic (exact) mass is 286 g/mol. The van der Waals surface area contributed by atoms with Crippen LogP contribution in [-0.2, 0) is 4.74 Å². The molecule has 0 bridgehead atoms. The number of hydrogen-bond donors (Lipinski definition) is 0. The maximum atomic E-state index is 12.1. The molecule has 0 N–H and O–H groups in total. The SMILES string of the molecule is CCCCC1(OC)C=CC([N+]([O-])=Nc2ccccc2)=CC1. The summed E-state index contributed by atoms with van der Waals surface area (Å²) < 4.78 is 5.64. The summed E-state index contributed by atoms with van der Waals surface area (Å²) in [5, 5.41) is 16.1. The fourth-order valence-corrected chi connectivity index (χ4v) is 2.36. The predicted molar refractivity (Wildman–Crippen MR) is 83.3 cm³/mol. The molecule has 112 valence electrons. The van der Waals surface area contributed by atoms with E-state index in [1.807, 2.05) is 36.4 Å². The Balaban J connectivity index is 2.09. The number of unbranched alkanes of at least 4 members (excludes halogenated alkanes) is 1. The van der Waals surface area contributed by atoms with Gasteiger partial charge in [0.25, 0.3) is 0 Å². The number of nitrogens with zero attached hydrogens (tertiary/aromatic N) is 2. The van der Waals surface area contributed by atoms with Gasteiger partial charge in [-0.2, -0.15) is 0 Å². The first-order valence-electron chi connectivity index (χ1n) is 7.37. The van der Waals surface area contributed by atoms with Gasteiger partial charge in [-0.1, -0.05) is 42.8 Å². The molecule has 1 atom stereocenters. The number of azo groups is 1. The standard InChI is InChI=1S/C17H22N2O2/c1-3-4-12-17(21-2)13-10-16(11-14-17)19(20)18-15-8-6-5-7-9-15/h5-11,13H,3-4,12,14H2,1-2H3. The summed E-state index contributed by atoms with van der Waals surface area (Å²) in [4.78, 5) is 0.672. The van der Waals surface area contributed by atoms with Crippen LogP contribution in [0.2, 0.25) is 0 Å². The summed E-state index contributed by atoms with van der Waals surface area (Å²) in [5.74, 6) is 0. The van der Waals surface area contributed by atoms with Crippen molar-refractivity contribution in [2.45, 2.75) is 38.2 Å². The van der Waals surface area contributed by atoms with Gasteiger partial charge in [0.15, 0.2) is 0 Å². The van der Waals surface area contributed by atoms with Crippen molar-refractivity contribution in [3.8, 4) is 0 Å². The van der Waals surface area contributed by atoms with E-state index in [1.54, 1.807) is 19.2 Å². The smallest absolute Gasteiger partial charge is 0.240 e. The first kappa shape index (κ1) is 15.4. The van der Waals surface area contributed by atoms with Crippen molar-refractivity contribution in [3.05, 3.63) is 59.5 Å². The Morgan fingerprint density at radius 2 is 2.10 bits per heavy atom. The highest BCUT2D eigenvalue weighted by Gasteiger charge is 2.29. The lowest BCUT2D eigenvalue weighted by Gasteiger charge is -2.29. The highest BCUT2D eigenvalue weighted by molar-refractivity contribution is 5.34. The quantitative estimate of drug-likeness (QED) is 0.432. The van der Waals surface area contributed by atoms with Crippen LogP contribution in [0, 0.1) is 5.21 Å². The van der Waals surface area contributed by atoms with Crippen LogP contribution in [0.3, 0.4) is 0 Å². The molecule has 0 amide bonds. The fourth-order valence-electron chi connectivity index (χ4n) is 2.36. The highest BCUT2D eigenvalue weighted by atomic mass is 16.5. The fraction of sp³-hybridized carbons (Fsp3) is 0.412. The van der Waals surface area contributed by atoms with Crippen LogP contribution in [0.4, 0.5) is 5.69 Å². The summed E-state index contributed by atoms with van der Waals surface area (Å²) in [6.07, 6.45) is 9.61. The molecule has 4 nitrogen and oxygen atoms in total. The number of hydroxylamine groups is 1. The molecule has 4 heteroatoms. The highest BCUT2D eigenvalue weighted by Crippen LogP contribution is 2.30. The van der Waals surface area contributed by atoms with Crippen molar-refractivity contribution < 1.29 is 9.60 Å². The molecule has 0 saturated carbocycles. The number of methoxy groups -OCH3 is 1. The van der Waals surface area contributed by atoms with E-state index in [0.717, 1.165) is 19.3 Å². The van der Waals surface area contributed by atoms with Crippen LogP contribution < -0.4 is 0 Å². The molecule has 0 aromatic heterocycles. The van der Waals surface area contributed by atoms with Gasteiger partial charge in [-0.15, -0.1) is 0 Å². The van der Waals surface area contributed by atoms with Gasteiger partial charge < -0.3 is 9.94 Å². The largest absolute Gasteiger partial charge is 0.594 e. The van der Waals surface area contributed by atoms with Gasteiger partial charge in [0.2, 0.25) is 5.70 Å². The Bertz CT molecular complexity index is 549. The molecular formula is C17H22N2O2. The van der Waals surface area contributed by atoms with Crippen LogP contribution in [0.5, 0.6) is 0 Å². The summed E-state index contributed by atoms with van der Waals surface area (Å²) in [5.41, 5.74) is 0.937. The molecule has 1 unspecified atom stereocenters. The van der Waals surface area contributed by atoms with Crippen LogP contribution in [0.1, 0.15) is 32.6 Å². The molecule has 0 heterocycles. The summed E-state index contributed by atoms with van der Waals surface area (Å²) >= 11 is 0. The molecule has 0 fully saturated rings. The zero-order valence-corrected chi connectivity index (χ0v) is 12.7. The van der Waals surface area contributed by atoms with E-state index < -0.39 is 0 Å². The predicted octanol–water partition coefficient (Wildman–Crippen LogP) is 4.70. The van der Waals surface area contributed by atoms with E-state index in [4.69, 9.17) is 4.74 Å². The van der Waals surface area contributed by atoms with Gasteiger partial charge in [0, 0.05) is 24.7 Å². The topological polar surface area (TPSA) is 47.7 Å². The molecule has 21 heavy (non-hydrogen) atoms. The molecule has 0 saturated heterocycles. The zero-order chi connectivity index (χ0) is 15.1. The van der Waals surface area contributed by atoms with Gasteiger partial charge in [0.05, 0.1) is 5.60 Å². The van der Waals surface area contributed by atoms with E-state index >= 15 is 0 Å². The molecule has 2 rings (SSSR count). The van der Waals surface area contributed by atoms with Gasteiger partial charge in [-0.3, -0.25) is 0 Å². The first-order chi connectivity index (χ1) is 10.2. The second kappa shape index (κ2) is 7.18. The summed E-state index contributed by atoms with van der Waals surface area (Å²) in [6.45, 7) is 2.16. The third kappa shape index (κ3) is 4.02. The van der Waals surface area contributed by atoms with Crippen molar-refractivity contribution in [1.82, 2.24) is 0 Å². The van der Waals surface area contributed by atoms with Gasteiger partial charge in [-0.05, 0) is 30.7 Å². The average molecular weight is 286 g/mol. The second-order valence-electron chi connectivity index (χ2n) is 5.25. The lowest BCUT2D eigenvalue weighted by molar-refractivity contribution is -0.468. The number of ether oxygens (including phenoxy) is 1. The Hall–Kier alpha value is -1.94. The van der Waals surface area contributed by atoms with E-state index in [2.05, 4.69) is 12.0 Å². The Morgan fingerprint density at radius 3 is 2.67 bits per heavy atom. The van der Waals surface area contributed by atoms with Crippen molar-refractivity contribution >= 4 is 5.69 Å². The molecular weight excluding hydrogens is 264 g/mol. The number of allylic oxidation sites excluding steroid dienone is 1. The van der Waals surface area contributed by atoms with Crippen molar-refractivity contribution in [1.29, 1.82) is 0 Å². The van der Waals surface area contributed by atoms with Crippen molar-refractivity contribution in [2.24, 2.45) is 5.11 Å². The van der Waals surface area contributed by atoms with E-state index in [1.165, 1.54) is 0 Å². The van der Waals surface area contributed by atoms with E-state index in [0.29, 0.717) is 22.7 Å². The summed E-state index contributed by atoms with van der Waals surface area (Å²) in [6, 6.07) is 9.23. The maximum absolute atomic E-state index is 12.1. The first-order valence-corrected chi connectivity index (χ1v) is 7.37. The molecule has 0 spiro atoms. The average Bonchev–Trinajstić information content (AvgIpc) is 2.54. The van der Waals surface area contributed by atoms with Gasteiger partial charge >= 0.3 is 0 Å². The minimum Gasteiger partial charge on any atom is -0.594 e. The Labute approximate surface area is 126 Å². The Morgan fingerprint density at radius 1 is 1.33 bits per heavy atom. The van der Waals surface area contributed by atoms with Gasteiger partial charge in [0.1, 0.15) is 5.69 Å². The minimum absolute atomic E-state index is 0.271. The van der Waals surface area contributed by atoms with Crippen LogP contribution >= 0.6 is 0 Å².